The molecule has 0 spiro atoms. The summed E-state index contributed by atoms with van der Waals surface area (Å²) in [7, 11) is 0. The molecule has 82 valence electrons. The first-order valence-electron chi connectivity index (χ1n) is 5.06. The van der Waals surface area contributed by atoms with Crippen molar-refractivity contribution in [2.75, 3.05) is 5.75 Å². The van der Waals surface area contributed by atoms with Gasteiger partial charge in [-0.05, 0) is 18.1 Å². The molecule has 0 saturated carbocycles. The van der Waals surface area contributed by atoms with E-state index < -0.39 is 0 Å². The minimum absolute atomic E-state index is 0.0217. The minimum atomic E-state index is 0.0217. The molecule has 4 heteroatoms. The number of amidine groups is 1. The molecule has 0 amide bonds. The third kappa shape index (κ3) is 3.91. The van der Waals surface area contributed by atoms with Crippen LogP contribution in [-0.2, 0) is 0 Å². The number of pyridine rings is 1. The predicted octanol–water partition coefficient (Wildman–Crippen LogP) is 2.50. The van der Waals surface area contributed by atoms with Gasteiger partial charge < -0.3 is 5.73 Å². The van der Waals surface area contributed by atoms with Crippen molar-refractivity contribution in [2.45, 2.75) is 25.2 Å². The van der Waals surface area contributed by atoms with Crippen molar-refractivity contribution in [1.29, 1.82) is 5.41 Å². The molecule has 0 aliphatic carbocycles. The van der Waals surface area contributed by atoms with Gasteiger partial charge in [-0.15, -0.1) is 11.8 Å². The van der Waals surface area contributed by atoms with Crippen molar-refractivity contribution in [3.05, 3.63) is 24.0 Å². The summed E-state index contributed by atoms with van der Waals surface area (Å²) in [6, 6.07) is 3.76. The van der Waals surface area contributed by atoms with E-state index in [-0.39, 0.29) is 5.84 Å². The number of nitrogen functional groups attached to an aromatic ring is 1. The molecule has 15 heavy (non-hydrogen) atoms. The van der Waals surface area contributed by atoms with Crippen molar-refractivity contribution >= 4 is 17.6 Å². The zero-order valence-corrected chi connectivity index (χ0v) is 9.97. The van der Waals surface area contributed by atoms with E-state index in [9.17, 15) is 0 Å². The van der Waals surface area contributed by atoms with Gasteiger partial charge >= 0.3 is 0 Å². The van der Waals surface area contributed by atoms with Gasteiger partial charge in [-0.2, -0.15) is 0 Å². The van der Waals surface area contributed by atoms with Gasteiger partial charge in [0.05, 0.1) is 0 Å². The van der Waals surface area contributed by atoms with Gasteiger partial charge in [0, 0.05) is 16.8 Å². The first-order valence-corrected chi connectivity index (χ1v) is 6.05. The van der Waals surface area contributed by atoms with Crippen LogP contribution in [0.4, 0.5) is 0 Å². The highest BCUT2D eigenvalue weighted by Crippen LogP contribution is 2.20. The van der Waals surface area contributed by atoms with Crippen molar-refractivity contribution < 1.29 is 0 Å². The fraction of sp³-hybridized carbons (Fsp3) is 0.455. The molecule has 3 nitrogen and oxygen atoms in total. The van der Waals surface area contributed by atoms with E-state index in [1.807, 2.05) is 6.07 Å². The second-order valence-corrected chi connectivity index (χ2v) is 4.71. The maximum absolute atomic E-state index is 7.21. The molecule has 1 aromatic rings. The summed E-state index contributed by atoms with van der Waals surface area (Å²) in [6.07, 6.45) is 2.98. The number of rotatable bonds is 5. The molecule has 0 fully saturated rings. The molecule has 0 aliphatic rings. The fourth-order valence-electron chi connectivity index (χ4n) is 0.981. The summed E-state index contributed by atoms with van der Waals surface area (Å²) in [5.74, 6) is 1.85. The van der Waals surface area contributed by atoms with E-state index in [1.54, 1.807) is 24.0 Å². The van der Waals surface area contributed by atoms with E-state index in [1.165, 1.54) is 6.42 Å². The first kappa shape index (κ1) is 12.0. The quantitative estimate of drug-likeness (QED) is 0.458. The van der Waals surface area contributed by atoms with Gasteiger partial charge in [-0.3, -0.25) is 10.4 Å². The summed E-state index contributed by atoms with van der Waals surface area (Å²) in [4.78, 5) is 5.25. The SMILES string of the molecule is CCC(C)CSc1ccc(C(=N)N)nc1. The third-order valence-electron chi connectivity index (χ3n) is 2.24. The second-order valence-electron chi connectivity index (χ2n) is 3.62. The lowest BCUT2D eigenvalue weighted by Gasteiger charge is -2.07. The normalized spacial score (nSPS) is 12.4. The van der Waals surface area contributed by atoms with Gasteiger partial charge in [0.2, 0.25) is 0 Å². The van der Waals surface area contributed by atoms with Crippen molar-refractivity contribution in [3.63, 3.8) is 0 Å². The number of hydrogen-bond donors (Lipinski definition) is 2. The number of nitrogens with two attached hydrogens (primary N) is 1. The largest absolute Gasteiger partial charge is 0.382 e. The van der Waals surface area contributed by atoms with E-state index in [0.29, 0.717) is 5.69 Å². The molecular formula is C11H17N3S. The van der Waals surface area contributed by atoms with Crippen molar-refractivity contribution in [3.8, 4) is 0 Å². The molecule has 1 aromatic heterocycles. The molecule has 1 atom stereocenters. The molecule has 0 saturated heterocycles. The Balaban J connectivity index is 2.53. The Morgan fingerprint density at radius 2 is 2.33 bits per heavy atom. The van der Waals surface area contributed by atoms with Crippen LogP contribution in [0.25, 0.3) is 0 Å². The zero-order valence-electron chi connectivity index (χ0n) is 9.16. The predicted molar refractivity (Wildman–Crippen MR) is 65.4 cm³/mol. The monoisotopic (exact) mass is 223 g/mol. The van der Waals surface area contributed by atoms with E-state index in [4.69, 9.17) is 11.1 Å². The lowest BCUT2D eigenvalue weighted by Crippen LogP contribution is -2.12. The average molecular weight is 223 g/mol. The maximum Gasteiger partial charge on any atom is 0.141 e. The van der Waals surface area contributed by atoms with E-state index in [0.717, 1.165) is 16.6 Å². The first-order chi connectivity index (χ1) is 7.13. The molecule has 1 unspecified atom stereocenters. The molecule has 0 radical (unpaired) electrons. The highest BCUT2D eigenvalue weighted by Gasteiger charge is 2.02. The van der Waals surface area contributed by atoms with Crippen LogP contribution in [0.5, 0.6) is 0 Å². The van der Waals surface area contributed by atoms with Crippen LogP contribution >= 0.6 is 11.8 Å². The van der Waals surface area contributed by atoms with Crippen LogP contribution in [-0.4, -0.2) is 16.6 Å². The Kier molecular flexibility index (Phi) is 4.62. The molecule has 0 aromatic carbocycles. The van der Waals surface area contributed by atoms with E-state index >= 15 is 0 Å². The lowest BCUT2D eigenvalue weighted by molar-refractivity contribution is 0.637. The summed E-state index contributed by atoms with van der Waals surface area (Å²) in [6.45, 7) is 4.44. The standard InChI is InChI=1S/C11H17N3S/c1-3-8(2)7-15-9-4-5-10(11(12)13)14-6-9/h4-6,8H,3,7H2,1-2H3,(H3,12,13). The maximum atomic E-state index is 7.21. The molecule has 3 N–H and O–H groups in total. The van der Waals surface area contributed by atoms with Crippen LogP contribution in [0.15, 0.2) is 23.2 Å². The van der Waals surface area contributed by atoms with Gasteiger partial charge in [0.1, 0.15) is 11.5 Å². The van der Waals surface area contributed by atoms with Gasteiger partial charge in [0.25, 0.3) is 0 Å². The number of thioether (sulfide) groups is 1. The van der Waals surface area contributed by atoms with Crippen LogP contribution in [0.2, 0.25) is 0 Å². The number of nitrogens with one attached hydrogen (secondary N) is 1. The summed E-state index contributed by atoms with van der Waals surface area (Å²) in [5.41, 5.74) is 5.87. The minimum Gasteiger partial charge on any atom is -0.382 e. The topological polar surface area (TPSA) is 62.8 Å². The van der Waals surface area contributed by atoms with Gasteiger partial charge in [-0.25, -0.2) is 0 Å². The Hall–Kier alpha value is -1.03. The van der Waals surface area contributed by atoms with Gasteiger partial charge in [-0.1, -0.05) is 20.3 Å². The van der Waals surface area contributed by atoms with Gasteiger partial charge in [0.15, 0.2) is 0 Å². The number of nitrogens with zero attached hydrogens (tertiary/aromatic N) is 1. The fourth-order valence-corrected chi connectivity index (χ4v) is 1.99. The van der Waals surface area contributed by atoms with Crippen LogP contribution in [0, 0.1) is 11.3 Å². The molecule has 0 bridgehead atoms. The Bertz CT molecular complexity index is 321. The molecule has 1 rings (SSSR count). The Labute approximate surface area is 95.0 Å². The molecule has 1 heterocycles. The number of hydrogen-bond acceptors (Lipinski definition) is 3. The highest BCUT2D eigenvalue weighted by atomic mass is 32.2. The summed E-state index contributed by atoms with van der Waals surface area (Å²) >= 11 is 1.80. The van der Waals surface area contributed by atoms with Crippen LogP contribution in [0.3, 0.4) is 0 Å². The lowest BCUT2D eigenvalue weighted by atomic mass is 10.2. The average Bonchev–Trinajstić information content (AvgIpc) is 2.26. The third-order valence-corrected chi connectivity index (χ3v) is 3.55. The van der Waals surface area contributed by atoms with E-state index in [2.05, 4.69) is 18.8 Å². The molecular weight excluding hydrogens is 206 g/mol. The highest BCUT2D eigenvalue weighted by molar-refractivity contribution is 7.99. The summed E-state index contributed by atoms with van der Waals surface area (Å²) in [5, 5.41) is 7.21. The number of aromatic nitrogens is 1. The van der Waals surface area contributed by atoms with Crippen molar-refractivity contribution in [2.24, 2.45) is 11.7 Å². The van der Waals surface area contributed by atoms with Crippen LogP contribution in [0.1, 0.15) is 26.0 Å². The zero-order chi connectivity index (χ0) is 11.3. The smallest absolute Gasteiger partial charge is 0.141 e. The second kappa shape index (κ2) is 5.75. The Morgan fingerprint density at radius 3 is 2.80 bits per heavy atom. The van der Waals surface area contributed by atoms with Crippen LogP contribution < -0.4 is 5.73 Å². The molecule has 0 aliphatic heterocycles. The Morgan fingerprint density at radius 1 is 1.60 bits per heavy atom. The summed E-state index contributed by atoms with van der Waals surface area (Å²) < 4.78 is 0. The van der Waals surface area contributed by atoms with Crippen molar-refractivity contribution in [1.82, 2.24) is 4.98 Å².